The van der Waals surface area contributed by atoms with E-state index in [1.165, 1.54) is 0 Å². The molecule has 0 aliphatic carbocycles. The Bertz CT molecular complexity index is 602. The molecule has 5 nitrogen and oxygen atoms in total. The first-order valence-corrected chi connectivity index (χ1v) is 8.92. The summed E-state index contributed by atoms with van der Waals surface area (Å²) in [5, 5.41) is 0. The lowest BCUT2D eigenvalue weighted by atomic mass is 10.0. The van der Waals surface area contributed by atoms with Crippen LogP contribution < -0.4 is 4.90 Å². The Morgan fingerprint density at radius 2 is 2.12 bits per heavy atom. The van der Waals surface area contributed by atoms with Crippen molar-refractivity contribution >= 4 is 17.5 Å². The Labute approximate surface area is 143 Å². The van der Waals surface area contributed by atoms with E-state index in [0.717, 1.165) is 56.8 Å². The minimum atomic E-state index is 0.0399. The highest BCUT2D eigenvalue weighted by molar-refractivity contribution is 6.01. The lowest BCUT2D eigenvalue weighted by Crippen LogP contribution is -2.44. The second-order valence-electron chi connectivity index (χ2n) is 6.68. The van der Waals surface area contributed by atoms with Crippen LogP contribution in [0.15, 0.2) is 24.3 Å². The first kappa shape index (κ1) is 17.0. The number of amides is 2. The molecule has 1 atom stereocenters. The molecule has 0 radical (unpaired) electrons. The fourth-order valence-electron chi connectivity index (χ4n) is 3.49. The summed E-state index contributed by atoms with van der Waals surface area (Å²) in [4.78, 5) is 28.5. The van der Waals surface area contributed by atoms with Crippen molar-refractivity contribution in [1.82, 2.24) is 4.90 Å². The van der Waals surface area contributed by atoms with E-state index in [2.05, 4.69) is 6.92 Å². The number of ether oxygens (including phenoxy) is 1. The molecule has 1 aromatic carbocycles. The Balaban J connectivity index is 1.58. The number of likely N-dealkylation sites (tertiary alicyclic amines) is 1. The summed E-state index contributed by atoms with van der Waals surface area (Å²) in [7, 11) is 0. The first-order valence-electron chi connectivity index (χ1n) is 8.92. The van der Waals surface area contributed by atoms with Crippen LogP contribution in [-0.4, -0.2) is 49.6 Å². The van der Waals surface area contributed by atoms with Gasteiger partial charge in [0.05, 0.1) is 6.61 Å². The number of nitrogens with zero attached hydrogens (tertiary/aromatic N) is 2. The van der Waals surface area contributed by atoms with Gasteiger partial charge in [-0.05, 0) is 30.9 Å². The van der Waals surface area contributed by atoms with E-state index in [-0.39, 0.29) is 18.4 Å². The predicted molar refractivity (Wildman–Crippen MR) is 92.9 cm³/mol. The van der Waals surface area contributed by atoms with Gasteiger partial charge in [0.1, 0.15) is 6.54 Å². The van der Waals surface area contributed by atoms with Gasteiger partial charge in [0, 0.05) is 37.7 Å². The summed E-state index contributed by atoms with van der Waals surface area (Å²) >= 11 is 0. The lowest BCUT2D eigenvalue weighted by molar-refractivity contribution is -0.130. The molecule has 3 rings (SSSR count). The summed E-state index contributed by atoms with van der Waals surface area (Å²) in [5.41, 5.74) is 2.04. The number of anilines is 1. The zero-order valence-corrected chi connectivity index (χ0v) is 14.4. The third kappa shape index (κ3) is 3.78. The molecule has 0 spiro atoms. The van der Waals surface area contributed by atoms with E-state index < -0.39 is 0 Å². The SMILES string of the molecule is CCCOCC1CCN(C(=O)CN2C(=O)CCc3ccccc32)C1. The van der Waals surface area contributed by atoms with Gasteiger partial charge in [0.15, 0.2) is 0 Å². The van der Waals surface area contributed by atoms with Gasteiger partial charge in [0.2, 0.25) is 11.8 Å². The Kier molecular flexibility index (Phi) is 5.51. The summed E-state index contributed by atoms with van der Waals surface area (Å²) in [5.74, 6) is 0.506. The second-order valence-corrected chi connectivity index (χ2v) is 6.68. The third-order valence-electron chi connectivity index (χ3n) is 4.83. The molecule has 0 bridgehead atoms. The minimum Gasteiger partial charge on any atom is -0.381 e. The normalized spacial score (nSPS) is 20.4. The maximum absolute atomic E-state index is 12.6. The number of carbonyl (C=O) groups is 2. The van der Waals surface area contributed by atoms with E-state index in [4.69, 9.17) is 4.74 Å². The van der Waals surface area contributed by atoms with E-state index in [0.29, 0.717) is 12.3 Å². The van der Waals surface area contributed by atoms with Crippen molar-refractivity contribution in [2.24, 2.45) is 5.92 Å². The maximum Gasteiger partial charge on any atom is 0.242 e. The lowest BCUT2D eigenvalue weighted by Gasteiger charge is -2.30. The molecule has 5 heteroatoms. The molecule has 130 valence electrons. The number of benzene rings is 1. The van der Waals surface area contributed by atoms with Crippen molar-refractivity contribution in [1.29, 1.82) is 0 Å². The zero-order valence-electron chi connectivity index (χ0n) is 14.4. The van der Waals surface area contributed by atoms with Gasteiger partial charge < -0.3 is 14.5 Å². The van der Waals surface area contributed by atoms with Crippen molar-refractivity contribution in [2.75, 3.05) is 37.7 Å². The highest BCUT2D eigenvalue weighted by atomic mass is 16.5. The third-order valence-corrected chi connectivity index (χ3v) is 4.83. The molecule has 2 aliphatic rings. The quantitative estimate of drug-likeness (QED) is 0.752. The van der Waals surface area contributed by atoms with Crippen molar-refractivity contribution in [3.8, 4) is 0 Å². The molecule has 0 saturated carbocycles. The molecular weight excluding hydrogens is 304 g/mol. The number of hydrogen-bond acceptors (Lipinski definition) is 3. The number of carbonyl (C=O) groups excluding carboxylic acids is 2. The van der Waals surface area contributed by atoms with Crippen LogP contribution in [0, 0.1) is 5.92 Å². The largest absolute Gasteiger partial charge is 0.381 e. The van der Waals surface area contributed by atoms with Crippen LogP contribution in [0.3, 0.4) is 0 Å². The van der Waals surface area contributed by atoms with Crippen LogP contribution in [0.4, 0.5) is 5.69 Å². The first-order chi connectivity index (χ1) is 11.7. The molecular formula is C19H26N2O3. The fourth-order valence-corrected chi connectivity index (χ4v) is 3.49. The molecule has 2 amide bonds. The Hall–Kier alpha value is -1.88. The van der Waals surface area contributed by atoms with Crippen LogP contribution in [-0.2, 0) is 20.7 Å². The summed E-state index contributed by atoms with van der Waals surface area (Å²) in [6.07, 6.45) is 3.25. The van der Waals surface area contributed by atoms with Gasteiger partial charge in [-0.25, -0.2) is 0 Å². The Morgan fingerprint density at radius 3 is 2.96 bits per heavy atom. The van der Waals surface area contributed by atoms with Crippen LogP contribution >= 0.6 is 0 Å². The van der Waals surface area contributed by atoms with Crippen LogP contribution in [0.1, 0.15) is 31.7 Å². The van der Waals surface area contributed by atoms with Crippen molar-refractivity contribution in [3.05, 3.63) is 29.8 Å². The molecule has 1 aromatic rings. The second kappa shape index (κ2) is 7.79. The molecule has 0 N–H and O–H groups in total. The van der Waals surface area contributed by atoms with Gasteiger partial charge in [-0.3, -0.25) is 9.59 Å². The van der Waals surface area contributed by atoms with Gasteiger partial charge in [-0.1, -0.05) is 25.1 Å². The predicted octanol–water partition coefficient (Wildman–Crippen LogP) is 2.24. The van der Waals surface area contributed by atoms with E-state index >= 15 is 0 Å². The van der Waals surface area contributed by atoms with Crippen molar-refractivity contribution < 1.29 is 14.3 Å². The highest BCUT2D eigenvalue weighted by Crippen LogP contribution is 2.27. The van der Waals surface area contributed by atoms with Gasteiger partial charge in [0.25, 0.3) is 0 Å². The molecule has 1 unspecified atom stereocenters. The fraction of sp³-hybridized carbons (Fsp3) is 0.579. The standard InChI is InChI=1S/C19H26N2O3/c1-2-11-24-14-15-9-10-20(12-15)19(23)13-21-17-6-4-3-5-16(17)7-8-18(21)22/h3-6,15H,2,7-14H2,1H3. The van der Waals surface area contributed by atoms with Gasteiger partial charge >= 0.3 is 0 Å². The summed E-state index contributed by atoms with van der Waals surface area (Å²) in [6.45, 7) is 5.26. The molecule has 2 aliphatic heterocycles. The van der Waals surface area contributed by atoms with Crippen molar-refractivity contribution in [3.63, 3.8) is 0 Å². The zero-order chi connectivity index (χ0) is 16.9. The van der Waals surface area contributed by atoms with Crippen LogP contribution in [0.25, 0.3) is 0 Å². The summed E-state index contributed by atoms with van der Waals surface area (Å²) in [6, 6.07) is 7.88. The number of fused-ring (bicyclic) bond motifs is 1. The van der Waals surface area contributed by atoms with Crippen LogP contribution in [0.5, 0.6) is 0 Å². The van der Waals surface area contributed by atoms with Gasteiger partial charge in [-0.2, -0.15) is 0 Å². The average Bonchev–Trinajstić information content (AvgIpc) is 3.07. The number of rotatable bonds is 6. The highest BCUT2D eigenvalue weighted by Gasteiger charge is 2.30. The molecule has 24 heavy (non-hydrogen) atoms. The smallest absolute Gasteiger partial charge is 0.242 e. The molecule has 0 aromatic heterocycles. The molecule has 1 saturated heterocycles. The summed E-state index contributed by atoms with van der Waals surface area (Å²) < 4.78 is 5.61. The minimum absolute atomic E-state index is 0.0399. The van der Waals surface area contributed by atoms with E-state index in [1.54, 1.807) is 4.90 Å². The van der Waals surface area contributed by atoms with Crippen molar-refractivity contribution in [2.45, 2.75) is 32.6 Å². The van der Waals surface area contributed by atoms with Crippen LogP contribution in [0.2, 0.25) is 0 Å². The monoisotopic (exact) mass is 330 g/mol. The maximum atomic E-state index is 12.6. The van der Waals surface area contributed by atoms with Gasteiger partial charge in [-0.15, -0.1) is 0 Å². The average molecular weight is 330 g/mol. The molecule has 1 fully saturated rings. The molecule has 2 heterocycles. The Morgan fingerprint density at radius 1 is 1.29 bits per heavy atom. The topological polar surface area (TPSA) is 49.9 Å². The van der Waals surface area contributed by atoms with E-state index in [9.17, 15) is 9.59 Å². The van der Waals surface area contributed by atoms with E-state index in [1.807, 2.05) is 29.2 Å². The number of hydrogen-bond donors (Lipinski definition) is 0. The number of para-hydroxylation sites is 1. The number of aryl methyl sites for hydroxylation is 1.